The van der Waals surface area contributed by atoms with Gasteiger partial charge < -0.3 is 20.4 Å². The molecule has 0 bridgehead atoms. The molecule has 4 N–H and O–H groups in total. The fraction of sp³-hybridized carbons (Fsp3) is 0.111. The highest BCUT2D eigenvalue weighted by molar-refractivity contribution is 6.02. The third-order valence-electron chi connectivity index (χ3n) is 3.79. The minimum atomic E-state index is -1.36. The van der Waals surface area contributed by atoms with Crippen LogP contribution in [-0.2, 0) is 12.8 Å². The van der Waals surface area contributed by atoms with Crippen molar-refractivity contribution in [3.05, 3.63) is 69.8 Å². The Morgan fingerprint density at radius 2 is 0.846 bits per heavy atom. The van der Waals surface area contributed by atoms with Crippen molar-refractivity contribution in [3.63, 3.8) is 0 Å². The first-order valence-electron chi connectivity index (χ1n) is 7.39. The molecule has 0 saturated heterocycles. The molecule has 8 heteroatoms. The lowest BCUT2D eigenvalue weighted by Gasteiger charge is -2.08. The van der Waals surface area contributed by atoms with E-state index in [1.165, 1.54) is 36.4 Å². The molecule has 0 aromatic heterocycles. The minimum Gasteiger partial charge on any atom is -0.478 e. The molecule has 0 radical (unpaired) electrons. The van der Waals surface area contributed by atoms with E-state index >= 15 is 0 Å². The summed E-state index contributed by atoms with van der Waals surface area (Å²) in [6.07, 6.45) is 0.650. The van der Waals surface area contributed by atoms with Gasteiger partial charge in [-0.25, -0.2) is 19.2 Å². The van der Waals surface area contributed by atoms with Crippen LogP contribution in [0.1, 0.15) is 52.6 Å². The SMILES string of the molecule is O=C(O)c1ccc(CCc2ccc(C(=O)O)c(C(=O)O)c2)cc1C(=O)O. The maximum Gasteiger partial charge on any atom is 0.336 e. The van der Waals surface area contributed by atoms with Crippen molar-refractivity contribution >= 4 is 23.9 Å². The highest BCUT2D eigenvalue weighted by atomic mass is 16.4. The van der Waals surface area contributed by atoms with Crippen LogP contribution in [0.4, 0.5) is 0 Å². The van der Waals surface area contributed by atoms with Gasteiger partial charge in [0.15, 0.2) is 0 Å². The molecule has 0 aliphatic heterocycles. The molecule has 0 unspecified atom stereocenters. The number of benzene rings is 2. The van der Waals surface area contributed by atoms with Crippen LogP contribution in [0.25, 0.3) is 0 Å². The van der Waals surface area contributed by atoms with Gasteiger partial charge in [0.2, 0.25) is 0 Å². The Balaban J connectivity index is 2.26. The lowest BCUT2D eigenvalue weighted by molar-refractivity contribution is 0.0651. The van der Waals surface area contributed by atoms with Gasteiger partial charge >= 0.3 is 23.9 Å². The molecule has 0 aliphatic carbocycles. The molecular formula is C18H14O8. The van der Waals surface area contributed by atoms with Gasteiger partial charge in [-0.2, -0.15) is 0 Å². The Morgan fingerprint density at radius 3 is 1.12 bits per heavy atom. The van der Waals surface area contributed by atoms with Crippen LogP contribution < -0.4 is 0 Å². The Hall–Kier alpha value is -3.68. The van der Waals surface area contributed by atoms with E-state index in [1.807, 2.05) is 0 Å². The molecule has 8 nitrogen and oxygen atoms in total. The second-order valence-corrected chi connectivity index (χ2v) is 5.48. The fourth-order valence-corrected chi connectivity index (χ4v) is 2.51. The summed E-state index contributed by atoms with van der Waals surface area (Å²) in [5, 5.41) is 36.2. The molecule has 2 aromatic carbocycles. The van der Waals surface area contributed by atoms with Crippen LogP contribution in [-0.4, -0.2) is 44.3 Å². The number of rotatable bonds is 7. The van der Waals surface area contributed by atoms with Crippen LogP contribution in [0.15, 0.2) is 36.4 Å². The lowest BCUT2D eigenvalue weighted by Crippen LogP contribution is -2.10. The summed E-state index contributed by atoms with van der Waals surface area (Å²) in [6.45, 7) is 0. The van der Waals surface area contributed by atoms with Crippen molar-refractivity contribution in [2.24, 2.45) is 0 Å². The number of aromatic carboxylic acids is 4. The second-order valence-electron chi connectivity index (χ2n) is 5.48. The van der Waals surface area contributed by atoms with Gasteiger partial charge in [0, 0.05) is 0 Å². The zero-order valence-electron chi connectivity index (χ0n) is 13.3. The standard InChI is InChI=1S/C18H14O8/c19-15(20)11-5-3-9(7-13(11)17(23)24)1-2-10-4-6-12(16(21)22)14(8-10)18(25)26/h3-8H,1-2H2,(H,19,20)(H,21,22)(H,23,24)(H,25,26). The highest BCUT2D eigenvalue weighted by Crippen LogP contribution is 2.17. The average molecular weight is 358 g/mol. The summed E-state index contributed by atoms with van der Waals surface area (Å²) in [5.41, 5.74) is -0.177. The summed E-state index contributed by atoms with van der Waals surface area (Å²) in [7, 11) is 0. The normalized spacial score (nSPS) is 10.3. The van der Waals surface area contributed by atoms with Gasteiger partial charge in [0.1, 0.15) is 0 Å². The number of hydrogen-bond acceptors (Lipinski definition) is 4. The van der Waals surface area contributed by atoms with Crippen molar-refractivity contribution in [1.82, 2.24) is 0 Å². The van der Waals surface area contributed by atoms with E-state index in [-0.39, 0.29) is 22.3 Å². The highest BCUT2D eigenvalue weighted by Gasteiger charge is 2.18. The van der Waals surface area contributed by atoms with Crippen LogP contribution in [0.3, 0.4) is 0 Å². The molecule has 0 heterocycles. The third-order valence-corrected chi connectivity index (χ3v) is 3.79. The van der Waals surface area contributed by atoms with Gasteiger partial charge in [0.05, 0.1) is 22.3 Å². The first-order valence-corrected chi connectivity index (χ1v) is 7.39. The monoisotopic (exact) mass is 358 g/mol. The Kier molecular flexibility index (Phi) is 5.36. The van der Waals surface area contributed by atoms with E-state index in [1.54, 1.807) is 0 Å². The number of carboxylic acid groups (broad SMARTS) is 4. The van der Waals surface area contributed by atoms with E-state index in [4.69, 9.17) is 20.4 Å². The van der Waals surface area contributed by atoms with E-state index < -0.39 is 23.9 Å². The summed E-state index contributed by atoms with van der Waals surface area (Å²) < 4.78 is 0. The molecule has 0 saturated carbocycles. The fourth-order valence-electron chi connectivity index (χ4n) is 2.51. The van der Waals surface area contributed by atoms with Crippen molar-refractivity contribution in [2.75, 3.05) is 0 Å². The molecule has 0 atom stereocenters. The number of hydrogen-bond donors (Lipinski definition) is 4. The molecule has 2 rings (SSSR count). The third kappa shape index (κ3) is 4.04. The quantitative estimate of drug-likeness (QED) is 0.589. The van der Waals surface area contributed by atoms with E-state index in [0.717, 1.165) is 0 Å². The van der Waals surface area contributed by atoms with Crippen molar-refractivity contribution < 1.29 is 39.6 Å². The molecule has 0 amide bonds. The zero-order chi connectivity index (χ0) is 19.4. The molecule has 134 valence electrons. The Labute approximate surface area is 147 Å². The Morgan fingerprint density at radius 1 is 0.538 bits per heavy atom. The largest absolute Gasteiger partial charge is 0.478 e. The van der Waals surface area contributed by atoms with Crippen molar-refractivity contribution in [2.45, 2.75) is 12.8 Å². The van der Waals surface area contributed by atoms with E-state index in [0.29, 0.717) is 24.0 Å². The van der Waals surface area contributed by atoms with Crippen molar-refractivity contribution in [3.8, 4) is 0 Å². The molecule has 2 aromatic rings. The van der Waals surface area contributed by atoms with Crippen LogP contribution in [0.2, 0.25) is 0 Å². The number of carbonyl (C=O) groups is 4. The van der Waals surface area contributed by atoms with Gasteiger partial charge in [-0.15, -0.1) is 0 Å². The molecule has 0 spiro atoms. The summed E-state index contributed by atoms with van der Waals surface area (Å²) in [6, 6.07) is 7.90. The van der Waals surface area contributed by atoms with E-state index in [9.17, 15) is 19.2 Å². The molecule has 0 aliphatic rings. The first kappa shape index (κ1) is 18.7. The van der Waals surface area contributed by atoms with Gasteiger partial charge in [-0.05, 0) is 48.2 Å². The van der Waals surface area contributed by atoms with Crippen LogP contribution in [0.5, 0.6) is 0 Å². The first-order chi connectivity index (χ1) is 12.2. The second kappa shape index (κ2) is 7.47. The zero-order valence-corrected chi connectivity index (χ0v) is 13.3. The number of aryl methyl sites for hydroxylation is 2. The smallest absolute Gasteiger partial charge is 0.336 e. The van der Waals surface area contributed by atoms with E-state index in [2.05, 4.69) is 0 Å². The Bertz CT molecular complexity index is 838. The lowest BCUT2D eigenvalue weighted by atomic mass is 9.97. The van der Waals surface area contributed by atoms with Gasteiger partial charge in [-0.3, -0.25) is 0 Å². The van der Waals surface area contributed by atoms with Crippen LogP contribution in [0, 0.1) is 0 Å². The maximum absolute atomic E-state index is 11.2. The van der Waals surface area contributed by atoms with Crippen molar-refractivity contribution in [1.29, 1.82) is 0 Å². The summed E-state index contributed by atoms with van der Waals surface area (Å²) in [5.74, 6) is -5.40. The van der Waals surface area contributed by atoms with Crippen LogP contribution >= 0.6 is 0 Å². The predicted octanol–water partition coefficient (Wildman–Crippen LogP) is 2.26. The molecule has 26 heavy (non-hydrogen) atoms. The summed E-state index contributed by atoms with van der Waals surface area (Å²) in [4.78, 5) is 44.5. The van der Waals surface area contributed by atoms with Gasteiger partial charge in [0.25, 0.3) is 0 Å². The predicted molar refractivity (Wildman–Crippen MR) is 88.1 cm³/mol. The van der Waals surface area contributed by atoms with Gasteiger partial charge in [-0.1, -0.05) is 12.1 Å². The minimum absolute atomic E-state index is 0.319. The molecule has 0 fully saturated rings. The average Bonchev–Trinajstić information content (AvgIpc) is 2.59. The molecular weight excluding hydrogens is 344 g/mol. The maximum atomic E-state index is 11.2. The number of carboxylic acids is 4. The summed E-state index contributed by atoms with van der Waals surface area (Å²) >= 11 is 0. The topological polar surface area (TPSA) is 149 Å².